The molecule has 0 atom stereocenters. The Labute approximate surface area is 91.0 Å². The molecule has 1 aromatic rings. The number of Topliss-reactive ketones (excluding diaryl/α,β-unsaturated/α-hetero) is 1. The Bertz CT molecular complexity index is 372. The van der Waals surface area contributed by atoms with Crippen molar-refractivity contribution < 1.29 is 22.7 Å². The summed E-state index contributed by atoms with van der Waals surface area (Å²) in [4.78, 5) is 11.2. The Balaban J connectivity index is 2.79. The molecule has 0 aliphatic carbocycles. The number of rotatable bonds is 4. The van der Waals surface area contributed by atoms with E-state index < -0.39 is 18.4 Å². The van der Waals surface area contributed by atoms with Crippen molar-refractivity contribution in [1.82, 2.24) is 0 Å². The molecule has 0 saturated carbocycles. The number of carbonyl (C=O) groups excluding carboxylic acids is 1. The van der Waals surface area contributed by atoms with Gasteiger partial charge < -0.3 is 4.74 Å². The molecule has 0 radical (unpaired) electrons. The van der Waals surface area contributed by atoms with Crippen LogP contribution in [0.5, 0.6) is 5.75 Å². The lowest BCUT2D eigenvalue weighted by Gasteiger charge is -2.07. The molecule has 88 valence electrons. The third-order valence-corrected chi connectivity index (χ3v) is 1.83. The first-order valence-electron chi connectivity index (χ1n) is 4.75. The number of alkyl halides is 3. The highest BCUT2D eigenvalue weighted by molar-refractivity contribution is 5.96. The first kappa shape index (κ1) is 12.5. The van der Waals surface area contributed by atoms with Gasteiger partial charge in [0.2, 0.25) is 0 Å². The number of halogens is 3. The molecule has 1 rings (SSSR count). The van der Waals surface area contributed by atoms with Gasteiger partial charge in [0.15, 0.2) is 5.78 Å². The smallest absolute Gasteiger partial charge is 0.396 e. The number of hydrogen-bond acceptors (Lipinski definition) is 2. The lowest BCUT2D eigenvalue weighted by Crippen LogP contribution is -2.15. The first-order chi connectivity index (χ1) is 7.42. The molecule has 5 heteroatoms. The molecule has 16 heavy (non-hydrogen) atoms. The molecule has 0 amide bonds. The van der Waals surface area contributed by atoms with Crippen LogP contribution in [0.15, 0.2) is 24.3 Å². The molecule has 1 aromatic carbocycles. The predicted octanol–water partition coefficient (Wildman–Crippen LogP) is 3.22. The van der Waals surface area contributed by atoms with Crippen LogP contribution in [0.3, 0.4) is 0 Å². The fourth-order valence-corrected chi connectivity index (χ4v) is 1.21. The monoisotopic (exact) mass is 232 g/mol. The molecular weight excluding hydrogens is 221 g/mol. The van der Waals surface area contributed by atoms with E-state index in [0.29, 0.717) is 12.4 Å². The molecule has 2 nitrogen and oxygen atoms in total. The summed E-state index contributed by atoms with van der Waals surface area (Å²) >= 11 is 0. The number of hydrogen-bond donors (Lipinski definition) is 0. The van der Waals surface area contributed by atoms with Crippen LogP contribution in [0.4, 0.5) is 13.2 Å². The van der Waals surface area contributed by atoms with Crippen molar-refractivity contribution in [1.29, 1.82) is 0 Å². The van der Waals surface area contributed by atoms with E-state index in [4.69, 9.17) is 4.74 Å². The van der Waals surface area contributed by atoms with E-state index >= 15 is 0 Å². The highest BCUT2D eigenvalue weighted by atomic mass is 19.4. The zero-order chi connectivity index (χ0) is 12.2. The largest absolute Gasteiger partial charge is 0.494 e. The van der Waals surface area contributed by atoms with Crippen molar-refractivity contribution in [2.75, 3.05) is 6.61 Å². The van der Waals surface area contributed by atoms with Gasteiger partial charge >= 0.3 is 6.18 Å². The molecule has 0 aliphatic rings. The van der Waals surface area contributed by atoms with Crippen LogP contribution in [0, 0.1) is 0 Å². The van der Waals surface area contributed by atoms with Gasteiger partial charge in [0.05, 0.1) is 6.61 Å². The average molecular weight is 232 g/mol. The topological polar surface area (TPSA) is 26.3 Å². The average Bonchev–Trinajstić information content (AvgIpc) is 2.16. The maximum Gasteiger partial charge on any atom is 0.396 e. The first-order valence-corrected chi connectivity index (χ1v) is 4.75. The predicted molar refractivity (Wildman–Crippen MR) is 52.6 cm³/mol. The summed E-state index contributed by atoms with van der Waals surface area (Å²) in [6.07, 6.45) is -5.92. The van der Waals surface area contributed by atoms with E-state index in [2.05, 4.69) is 0 Å². The number of ether oxygens (including phenoxy) is 1. The Kier molecular flexibility index (Phi) is 3.93. The molecule has 0 N–H and O–H groups in total. The second kappa shape index (κ2) is 5.01. The summed E-state index contributed by atoms with van der Waals surface area (Å²) in [5.41, 5.74) is 0.0169. The minimum Gasteiger partial charge on any atom is -0.494 e. The molecule has 0 spiro atoms. The van der Waals surface area contributed by atoms with Crippen LogP contribution < -0.4 is 4.74 Å². The highest BCUT2D eigenvalue weighted by Crippen LogP contribution is 2.23. The minimum absolute atomic E-state index is 0.0169. The van der Waals surface area contributed by atoms with Gasteiger partial charge in [-0.25, -0.2) is 0 Å². The van der Waals surface area contributed by atoms with Crippen LogP contribution in [-0.4, -0.2) is 18.6 Å². The van der Waals surface area contributed by atoms with Crippen molar-refractivity contribution in [3.63, 3.8) is 0 Å². The summed E-state index contributed by atoms with van der Waals surface area (Å²) in [5.74, 6) is -0.551. The number of ketones is 1. The number of carbonyl (C=O) groups is 1. The summed E-state index contributed by atoms with van der Waals surface area (Å²) in [7, 11) is 0. The quantitative estimate of drug-likeness (QED) is 0.745. The Morgan fingerprint density at radius 3 is 2.62 bits per heavy atom. The van der Waals surface area contributed by atoms with Crippen LogP contribution >= 0.6 is 0 Å². The number of benzene rings is 1. The van der Waals surface area contributed by atoms with Crippen LogP contribution in [0.1, 0.15) is 23.7 Å². The fraction of sp³-hybridized carbons (Fsp3) is 0.364. The molecule has 0 fully saturated rings. The lowest BCUT2D eigenvalue weighted by molar-refractivity contribution is -0.125. The second-order valence-corrected chi connectivity index (χ2v) is 3.18. The van der Waals surface area contributed by atoms with E-state index in [0.717, 1.165) is 0 Å². The van der Waals surface area contributed by atoms with Crippen molar-refractivity contribution in [3.8, 4) is 5.75 Å². The maximum absolute atomic E-state index is 12.0. The molecule has 0 bridgehead atoms. The molecular formula is C11H11F3O2. The van der Waals surface area contributed by atoms with Crippen LogP contribution in [0.2, 0.25) is 0 Å². The minimum atomic E-state index is -4.47. The van der Waals surface area contributed by atoms with Gasteiger partial charge in [0.1, 0.15) is 12.2 Å². The zero-order valence-corrected chi connectivity index (χ0v) is 8.67. The van der Waals surface area contributed by atoms with E-state index in [9.17, 15) is 18.0 Å². The molecule has 0 saturated heterocycles. The zero-order valence-electron chi connectivity index (χ0n) is 8.67. The summed E-state index contributed by atoms with van der Waals surface area (Å²) in [5, 5.41) is 0. The normalized spacial score (nSPS) is 11.2. The Morgan fingerprint density at radius 2 is 2.06 bits per heavy atom. The van der Waals surface area contributed by atoms with E-state index in [1.54, 1.807) is 13.0 Å². The summed E-state index contributed by atoms with van der Waals surface area (Å²) in [6.45, 7) is 2.15. The van der Waals surface area contributed by atoms with E-state index in [-0.39, 0.29) is 5.56 Å². The van der Waals surface area contributed by atoms with Gasteiger partial charge in [-0.3, -0.25) is 4.79 Å². The van der Waals surface area contributed by atoms with E-state index in [1.807, 2.05) is 0 Å². The SMILES string of the molecule is CCOc1cccc(C(=O)CC(F)(F)F)c1. The van der Waals surface area contributed by atoms with Gasteiger partial charge in [-0.05, 0) is 19.1 Å². The molecule has 0 aliphatic heterocycles. The van der Waals surface area contributed by atoms with Gasteiger partial charge in [-0.15, -0.1) is 0 Å². The Morgan fingerprint density at radius 1 is 1.38 bits per heavy atom. The standard InChI is InChI=1S/C11H11F3O2/c1-2-16-9-5-3-4-8(6-9)10(15)7-11(12,13)14/h3-6H,2,7H2,1H3. The van der Waals surface area contributed by atoms with E-state index in [1.165, 1.54) is 18.2 Å². The fourth-order valence-electron chi connectivity index (χ4n) is 1.21. The lowest BCUT2D eigenvalue weighted by atomic mass is 10.1. The van der Waals surface area contributed by atoms with Crippen LogP contribution in [0.25, 0.3) is 0 Å². The Hall–Kier alpha value is -1.52. The van der Waals surface area contributed by atoms with Gasteiger partial charge in [0.25, 0.3) is 0 Å². The maximum atomic E-state index is 12.0. The van der Waals surface area contributed by atoms with Crippen molar-refractivity contribution in [2.24, 2.45) is 0 Å². The van der Waals surface area contributed by atoms with Gasteiger partial charge in [-0.1, -0.05) is 12.1 Å². The summed E-state index contributed by atoms with van der Waals surface area (Å²) in [6, 6.07) is 5.75. The molecule has 0 unspecified atom stereocenters. The molecule has 0 heterocycles. The van der Waals surface area contributed by atoms with Gasteiger partial charge in [-0.2, -0.15) is 13.2 Å². The van der Waals surface area contributed by atoms with Crippen LogP contribution in [-0.2, 0) is 0 Å². The third kappa shape index (κ3) is 3.92. The second-order valence-electron chi connectivity index (χ2n) is 3.18. The van der Waals surface area contributed by atoms with Crippen molar-refractivity contribution in [2.45, 2.75) is 19.5 Å². The third-order valence-electron chi connectivity index (χ3n) is 1.83. The highest BCUT2D eigenvalue weighted by Gasteiger charge is 2.31. The van der Waals surface area contributed by atoms with Crippen molar-refractivity contribution in [3.05, 3.63) is 29.8 Å². The summed E-state index contributed by atoms with van der Waals surface area (Å²) < 4.78 is 41.1. The molecule has 0 aromatic heterocycles. The van der Waals surface area contributed by atoms with Crippen molar-refractivity contribution >= 4 is 5.78 Å². The van der Waals surface area contributed by atoms with Gasteiger partial charge in [0, 0.05) is 5.56 Å².